The fraction of sp³-hybridized carbons (Fsp3) is 0. The van der Waals surface area contributed by atoms with Gasteiger partial charge in [-0.05, 0) is 109 Å². The first-order valence-corrected chi connectivity index (χ1v) is 22.0. The fourth-order valence-corrected chi connectivity index (χ4v) is 10.0. The summed E-state index contributed by atoms with van der Waals surface area (Å²) in [5, 5.41) is 3.18. The van der Waals surface area contributed by atoms with Crippen LogP contribution in [0.2, 0.25) is 0 Å². The van der Waals surface area contributed by atoms with Gasteiger partial charge in [-0.2, -0.15) is 0 Å². The van der Waals surface area contributed by atoms with Gasteiger partial charge < -0.3 is 14.7 Å². The largest absolute Gasteiger partial charge is 0.302 e. The van der Waals surface area contributed by atoms with E-state index in [4.69, 9.17) is 15.0 Å². The van der Waals surface area contributed by atoms with Crippen LogP contribution in [0, 0.1) is 0 Å². The zero-order chi connectivity index (χ0) is 40.1. The van der Waals surface area contributed by atoms with Crippen molar-refractivity contribution in [1.29, 1.82) is 0 Å². The Morgan fingerprint density at radius 1 is 0.233 bits per heavy atom. The molecule has 0 aliphatic carbocycles. The van der Waals surface area contributed by atoms with Crippen molar-refractivity contribution in [3.8, 4) is 32.1 Å². The minimum atomic E-state index is 0.628. The summed E-state index contributed by atoms with van der Waals surface area (Å²) in [6.45, 7) is 0. The van der Waals surface area contributed by atoms with Crippen LogP contribution in [-0.2, 0) is 0 Å². The van der Waals surface area contributed by atoms with Gasteiger partial charge in [-0.25, -0.2) is 15.0 Å². The number of hydrogen-bond acceptors (Lipinski definition) is 9. The van der Waals surface area contributed by atoms with Gasteiger partial charge in [0.05, 0.1) is 14.6 Å². The molecule has 4 heterocycles. The molecule has 0 spiro atoms. The van der Waals surface area contributed by atoms with Gasteiger partial charge in [0.2, 0.25) is 0 Å². The molecular formula is C51H36N6S3. The van der Waals surface area contributed by atoms with E-state index in [1.54, 1.807) is 34.0 Å². The van der Waals surface area contributed by atoms with Crippen LogP contribution in [0.15, 0.2) is 218 Å². The first-order chi connectivity index (χ1) is 29.7. The zero-order valence-electron chi connectivity index (χ0n) is 32.2. The number of rotatable bonds is 12. The quantitative estimate of drug-likeness (QED) is 0.122. The van der Waals surface area contributed by atoms with Crippen LogP contribution < -0.4 is 14.7 Å². The van der Waals surface area contributed by atoms with Gasteiger partial charge in [0.1, 0.15) is 15.0 Å². The maximum absolute atomic E-state index is 5.23. The van der Waals surface area contributed by atoms with Gasteiger partial charge in [0.15, 0.2) is 17.5 Å². The summed E-state index contributed by atoms with van der Waals surface area (Å²) in [6, 6.07) is 75.6. The van der Waals surface area contributed by atoms with Crippen molar-refractivity contribution in [1.82, 2.24) is 15.0 Å². The Morgan fingerprint density at radius 3 is 0.633 bits per heavy atom. The van der Waals surface area contributed by atoms with Crippen molar-refractivity contribution in [2.75, 3.05) is 14.7 Å². The lowest BCUT2D eigenvalue weighted by Crippen LogP contribution is -2.07. The van der Waals surface area contributed by atoms with Gasteiger partial charge in [-0.15, -0.1) is 34.0 Å². The molecule has 0 bridgehead atoms. The Kier molecular flexibility index (Phi) is 10.5. The molecule has 0 fully saturated rings. The number of para-hydroxylation sites is 6. The minimum absolute atomic E-state index is 0.628. The van der Waals surface area contributed by atoms with E-state index in [1.165, 1.54) is 0 Å². The molecule has 9 heteroatoms. The SMILES string of the molecule is c1ccc(N(c2ccccc2)c2ccc(-c3nc(-c4ccc(N(c5ccccc5)c5ccccc5)s4)nc(-c4ccc(N(c5ccccc5)c5ccccc5)s4)n3)s2)cc1. The highest BCUT2D eigenvalue weighted by molar-refractivity contribution is 7.20. The number of benzene rings is 6. The van der Waals surface area contributed by atoms with Gasteiger partial charge >= 0.3 is 0 Å². The smallest absolute Gasteiger partial charge is 0.174 e. The average Bonchev–Trinajstić information content (AvgIpc) is 4.12. The van der Waals surface area contributed by atoms with Crippen LogP contribution in [0.25, 0.3) is 32.1 Å². The fourth-order valence-electron chi connectivity index (χ4n) is 7.08. The monoisotopic (exact) mass is 828 g/mol. The van der Waals surface area contributed by atoms with E-state index in [1.807, 2.05) is 36.4 Å². The maximum atomic E-state index is 5.23. The molecule has 6 aromatic carbocycles. The van der Waals surface area contributed by atoms with E-state index in [9.17, 15) is 0 Å². The molecule has 0 amide bonds. The van der Waals surface area contributed by atoms with Gasteiger partial charge in [-0.3, -0.25) is 0 Å². The van der Waals surface area contributed by atoms with Gasteiger partial charge in [0.25, 0.3) is 0 Å². The summed E-state index contributed by atoms with van der Waals surface area (Å²) < 4.78 is 0. The standard InChI is InChI=1S/C51H36N6S3/c1-7-19-37(20-8-1)55(38-21-9-2-10-22-38)46-34-31-43(58-46)49-52-50(44-32-35-47(59-44)56(39-23-11-3-12-24-39)40-25-13-4-14-26-40)54-51(53-49)45-33-36-48(60-45)57(41-27-15-5-16-28-41)42-29-17-6-18-30-42/h1-36H. The summed E-state index contributed by atoms with van der Waals surface area (Å²) in [5.74, 6) is 1.88. The van der Waals surface area contributed by atoms with Crippen molar-refractivity contribution in [2.24, 2.45) is 0 Å². The second kappa shape index (κ2) is 17.0. The zero-order valence-corrected chi connectivity index (χ0v) is 34.6. The number of anilines is 9. The third-order valence-corrected chi connectivity index (χ3v) is 13.0. The topological polar surface area (TPSA) is 48.4 Å². The number of aromatic nitrogens is 3. The number of nitrogens with zero attached hydrogens (tertiary/aromatic N) is 6. The number of hydrogen-bond donors (Lipinski definition) is 0. The molecule has 0 aliphatic rings. The predicted octanol–water partition coefficient (Wildman–Crippen LogP) is 15.5. The van der Waals surface area contributed by atoms with E-state index in [0.29, 0.717) is 17.5 Å². The molecular weight excluding hydrogens is 793 g/mol. The predicted molar refractivity (Wildman–Crippen MR) is 254 cm³/mol. The average molecular weight is 829 g/mol. The minimum Gasteiger partial charge on any atom is -0.302 e. The molecule has 288 valence electrons. The normalized spacial score (nSPS) is 11.0. The Bertz CT molecular complexity index is 2480. The number of thiophene rings is 3. The van der Waals surface area contributed by atoms with Crippen LogP contribution in [-0.4, -0.2) is 15.0 Å². The highest BCUT2D eigenvalue weighted by atomic mass is 32.1. The second-order valence-electron chi connectivity index (χ2n) is 13.7. The molecule has 60 heavy (non-hydrogen) atoms. The van der Waals surface area contributed by atoms with Crippen LogP contribution >= 0.6 is 34.0 Å². The molecule has 0 N–H and O–H groups in total. The summed E-state index contributed by atoms with van der Waals surface area (Å²) >= 11 is 4.99. The van der Waals surface area contributed by atoms with E-state index in [0.717, 1.165) is 63.8 Å². The lowest BCUT2D eigenvalue weighted by atomic mass is 10.2. The highest BCUT2D eigenvalue weighted by Crippen LogP contribution is 2.45. The Morgan fingerprint density at radius 2 is 0.433 bits per heavy atom. The van der Waals surface area contributed by atoms with Crippen molar-refractivity contribution < 1.29 is 0 Å². The Hall–Kier alpha value is -7.17. The van der Waals surface area contributed by atoms with Crippen LogP contribution in [0.4, 0.5) is 49.1 Å². The Labute approximate surface area is 361 Å². The van der Waals surface area contributed by atoms with Crippen LogP contribution in [0.5, 0.6) is 0 Å². The van der Waals surface area contributed by atoms with Crippen molar-refractivity contribution in [3.63, 3.8) is 0 Å². The summed E-state index contributed by atoms with van der Waals surface area (Å²) in [6.07, 6.45) is 0. The van der Waals surface area contributed by atoms with E-state index in [-0.39, 0.29) is 0 Å². The lowest BCUT2D eigenvalue weighted by molar-refractivity contribution is 1.09. The lowest BCUT2D eigenvalue weighted by Gasteiger charge is -2.23. The Balaban J connectivity index is 1.09. The second-order valence-corrected chi connectivity index (χ2v) is 16.9. The van der Waals surface area contributed by atoms with Crippen LogP contribution in [0.1, 0.15) is 0 Å². The molecule has 10 aromatic rings. The third kappa shape index (κ3) is 7.72. The van der Waals surface area contributed by atoms with Crippen molar-refractivity contribution >= 4 is 83.1 Å². The van der Waals surface area contributed by atoms with Crippen molar-refractivity contribution in [2.45, 2.75) is 0 Å². The van der Waals surface area contributed by atoms with Gasteiger partial charge in [-0.1, -0.05) is 109 Å². The first kappa shape index (κ1) is 37.1. The molecule has 0 saturated carbocycles. The van der Waals surface area contributed by atoms with Crippen molar-refractivity contribution in [3.05, 3.63) is 218 Å². The van der Waals surface area contributed by atoms with E-state index >= 15 is 0 Å². The molecule has 10 rings (SSSR count). The maximum Gasteiger partial charge on any atom is 0.174 e. The van der Waals surface area contributed by atoms with Crippen LogP contribution in [0.3, 0.4) is 0 Å². The molecule has 0 saturated heterocycles. The summed E-state index contributed by atoms with van der Waals surface area (Å²) in [4.78, 5) is 25.4. The first-order valence-electron chi connectivity index (χ1n) is 19.5. The van der Waals surface area contributed by atoms with E-state index < -0.39 is 0 Å². The van der Waals surface area contributed by atoms with Gasteiger partial charge in [0, 0.05) is 34.1 Å². The van der Waals surface area contributed by atoms with E-state index in [2.05, 4.69) is 197 Å². The molecule has 0 atom stereocenters. The highest BCUT2D eigenvalue weighted by Gasteiger charge is 2.22. The molecule has 4 aromatic heterocycles. The molecule has 0 radical (unpaired) electrons. The molecule has 6 nitrogen and oxygen atoms in total. The summed E-state index contributed by atoms with van der Waals surface area (Å²) in [7, 11) is 0. The summed E-state index contributed by atoms with van der Waals surface area (Å²) in [5.41, 5.74) is 6.47. The third-order valence-electron chi connectivity index (χ3n) is 9.82. The molecule has 0 aliphatic heterocycles. The molecule has 0 unspecified atom stereocenters.